The third kappa shape index (κ3) is 16.2. The number of aryl methyl sites for hydroxylation is 4. The van der Waals surface area contributed by atoms with Crippen LogP contribution in [-0.2, 0) is 31.6 Å². The minimum absolute atomic E-state index is 0.0786. The Morgan fingerprint density at radius 1 is 0.324 bits per heavy atom. The van der Waals surface area contributed by atoms with Crippen molar-refractivity contribution >= 4 is 39.7 Å². The first kappa shape index (κ1) is 76.7. The van der Waals surface area contributed by atoms with Gasteiger partial charge in [-0.15, -0.1) is 0 Å². The van der Waals surface area contributed by atoms with Crippen molar-refractivity contribution in [1.29, 1.82) is 0 Å². The Morgan fingerprint density at radius 3 is 0.794 bits per heavy atom. The summed E-state index contributed by atoms with van der Waals surface area (Å²) >= 11 is 0. The van der Waals surface area contributed by atoms with Crippen molar-refractivity contribution in [2.75, 3.05) is 42.7 Å². The molecule has 0 saturated carbocycles. The average molecular weight is 1450 g/mol. The highest BCUT2D eigenvalue weighted by molar-refractivity contribution is 7.69. The normalized spacial score (nSPS) is 17.6. The molecular weight excluding hydrogens is 1360 g/mol. The van der Waals surface area contributed by atoms with E-state index in [1.54, 1.807) is 68.6 Å². The summed E-state index contributed by atoms with van der Waals surface area (Å²) in [6.45, 7) is 28.0. The van der Waals surface area contributed by atoms with Crippen molar-refractivity contribution in [2.24, 2.45) is 0 Å². The van der Waals surface area contributed by atoms with Crippen molar-refractivity contribution in [1.82, 2.24) is 0 Å². The summed E-state index contributed by atoms with van der Waals surface area (Å²) in [5.74, 6) is 6.89. The summed E-state index contributed by atoms with van der Waals surface area (Å²) < 4.78 is 133. The van der Waals surface area contributed by atoms with Crippen LogP contribution in [-0.4, -0.2) is 75.7 Å². The molecule has 6 atom stereocenters. The van der Waals surface area contributed by atoms with Crippen LogP contribution in [0, 0.1) is 27.7 Å². The predicted octanol–water partition coefficient (Wildman–Crippen LogP) is 22.0. The van der Waals surface area contributed by atoms with Crippen LogP contribution in [0.4, 0.5) is 26.3 Å². The van der Waals surface area contributed by atoms with E-state index in [1.165, 1.54) is 34.1 Å². The number of hydrogen-bond donors (Lipinski definition) is 0. The van der Waals surface area contributed by atoms with Gasteiger partial charge in [0.1, 0.15) is 69.3 Å². The lowest BCUT2D eigenvalue weighted by Crippen LogP contribution is -2.26. The molecule has 0 aromatic heterocycles. The van der Waals surface area contributed by atoms with Gasteiger partial charge >= 0.3 is 12.4 Å². The summed E-state index contributed by atoms with van der Waals surface area (Å²) in [6.07, 6.45) is -6.74. The molecular formula is C84H93F6O9P3. The van der Waals surface area contributed by atoms with Crippen molar-refractivity contribution in [2.45, 2.75) is 155 Å². The second-order valence-electron chi connectivity index (χ2n) is 28.7. The van der Waals surface area contributed by atoms with Crippen LogP contribution in [0.3, 0.4) is 0 Å². The number of methoxy groups -OCH3 is 6. The molecule has 0 spiro atoms. The molecule has 0 fully saturated rings. The quantitative estimate of drug-likeness (QED) is 0.0736. The first-order valence-corrected chi connectivity index (χ1v) is 38.2. The summed E-state index contributed by atoms with van der Waals surface area (Å²) in [5.41, 5.74) is 11.6. The molecule has 0 amide bonds. The summed E-state index contributed by atoms with van der Waals surface area (Å²) in [4.78, 5) is 0. The molecule has 540 valence electrons. The molecule has 102 heavy (non-hydrogen) atoms. The van der Waals surface area contributed by atoms with Crippen LogP contribution in [0.5, 0.6) is 51.7 Å². The molecule has 9 nitrogen and oxygen atoms in total. The van der Waals surface area contributed by atoms with Gasteiger partial charge in [-0.3, -0.25) is 0 Å². The van der Waals surface area contributed by atoms with E-state index < -0.39 is 47.2 Å². The lowest BCUT2D eigenvalue weighted by Gasteiger charge is -2.33. The predicted molar refractivity (Wildman–Crippen MR) is 407 cm³/mol. The average Bonchev–Trinajstić information content (AvgIpc) is 1.59. The standard InChI is InChI=1S/2C28H30F3O3P.C28H33O3P/c2*1-17-15-19(28(29,30)31)14-13-18(17)16-24-34-23-12-7-9-20(26(23)35(24)27(2,3)4)25-21(32-5)10-8-11-22(25)33-6;1-18-14-15-20(19(2)16-18)17-25-31-24-13-8-10-21(27(24)32(25)28(3,4)5)26-22(29-6)11-9-12-23(26)30-7/h2*7-15,24H,16H2,1-6H3;8-16,25H,17H2,1-7H3/t2*24-,35-;25-,32+/m101/s1. The Hall–Kier alpha value is -7.95. The molecule has 0 aliphatic carbocycles. The zero-order valence-corrected chi connectivity index (χ0v) is 64.4. The molecule has 3 aliphatic heterocycles. The maximum atomic E-state index is 13.2. The van der Waals surface area contributed by atoms with Crippen molar-refractivity contribution in [3.05, 3.63) is 214 Å². The van der Waals surface area contributed by atoms with Gasteiger partial charge in [0.15, 0.2) is 0 Å². The van der Waals surface area contributed by atoms with Gasteiger partial charge in [0.2, 0.25) is 0 Å². The summed E-state index contributed by atoms with van der Waals surface area (Å²) in [6, 6.07) is 50.5. The highest BCUT2D eigenvalue weighted by atomic mass is 31.1. The van der Waals surface area contributed by atoms with Crippen LogP contribution in [0.25, 0.3) is 33.4 Å². The Labute approximate surface area is 601 Å². The molecule has 0 unspecified atom stereocenters. The number of hydrogen-bond acceptors (Lipinski definition) is 9. The van der Waals surface area contributed by atoms with E-state index in [0.717, 1.165) is 102 Å². The Morgan fingerprint density at radius 2 is 0.569 bits per heavy atom. The van der Waals surface area contributed by atoms with E-state index in [4.69, 9.17) is 42.6 Å². The second-order valence-corrected chi connectivity index (χ2v) is 38.0. The van der Waals surface area contributed by atoms with Gasteiger partial charge < -0.3 is 42.6 Å². The topological polar surface area (TPSA) is 83.1 Å². The van der Waals surface area contributed by atoms with E-state index in [-0.39, 0.29) is 33.0 Å². The van der Waals surface area contributed by atoms with E-state index in [9.17, 15) is 26.3 Å². The third-order valence-electron chi connectivity index (χ3n) is 18.7. The zero-order valence-electron chi connectivity index (χ0n) is 61.7. The lowest BCUT2D eigenvalue weighted by atomic mass is 10.0. The molecule has 9 aromatic rings. The van der Waals surface area contributed by atoms with Gasteiger partial charge in [-0.25, -0.2) is 0 Å². The van der Waals surface area contributed by atoms with Gasteiger partial charge in [-0.05, 0) is 179 Å². The fourth-order valence-electron chi connectivity index (χ4n) is 14.1. The van der Waals surface area contributed by atoms with Crippen LogP contribution in [0.1, 0.15) is 112 Å². The number of ether oxygens (including phenoxy) is 9. The lowest BCUT2D eigenvalue weighted by molar-refractivity contribution is -0.138. The van der Waals surface area contributed by atoms with E-state index in [1.807, 2.05) is 78.9 Å². The second kappa shape index (κ2) is 30.8. The van der Waals surface area contributed by atoms with Crippen LogP contribution >= 0.6 is 23.8 Å². The smallest absolute Gasteiger partial charge is 0.416 e. The number of rotatable bonds is 15. The van der Waals surface area contributed by atoms with Crippen LogP contribution in [0.15, 0.2) is 164 Å². The first-order valence-electron chi connectivity index (χ1n) is 34.0. The van der Waals surface area contributed by atoms with Crippen LogP contribution < -0.4 is 58.5 Å². The third-order valence-corrected chi connectivity index (χ3v) is 28.4. The van der Waals surface area contributed by atoms with E-state index in [0.29, 0.717) is 47.0 Å². The first-order chi connectivity index (χ1) is 48.1. The highest BCUT2D eigenvalue weighted by Crippen LogP contribution is 2.65. The maximum absolute atomic E-state index is 13.2. The minimum Gasteiger partial charge on any atom is -0.496 e. The van der Waals surface area contributed by atoms with E-state index >= 15 is 0 Å². The number of alkyl halides is 6. The van der Waals surface area contributed by atoms with Crippen LogP contribution in [0.2, 0.25) is 0 Å². The molecule has 0 saturated heterocycles. The Bertz CT molecular complexity index is 4230. The van der Waals surface area contributed by atoms with Gasteiger partial charge in [0.05, 0.1) is 70.5 Å². The summed E-state index contributed by atoms with van der Waals surface area (Å²) in [5, 5.41) is 3.43. The van der Waals surface area contributed by atoms with Gasteiger partial charge in [-0.2, -0.15) is 26.3 Å². The van der Waals surface area contributed by atoms with Gasteiger partial charge in [0.25, 0.3) is 0 Å². The van der Waals surface area contributed by atoms with Crippen molar-refractivity contribution in [3.8, 4) is 85.1 Å². The monoisotopic (exact) mass is 1450 g/mol. The SMILES string of the molecule is COc1cccc(OC)c1-c1cccc2c1[P@@](C(C)(C)C)[C@@H](Cc1ccc(C(F)(F)F)cc1C)O2.COc1cccc(OC)c1-c1cccc2c1[P@@](C(C)(C)C)[C@H](Cc1ccc(C)cc1C)O2.COc1cccc(OC)c1-c1cccc2c1[P@](C(C)(C)C)[C@H](Cc1ccc(C(F)(F)F)cc1C)O2. The maximum Gasteiger partial charge on any atom is 0.416 e. The van der Waals surface area contributed by atoms with Gasteiger partial charge in [0, 0.05) is 51.9 Å². The largest absolute Gasteiger partial charge is 0.496 e. The Kier molecular flexibility index (Phi) is 23.1. The molecule has 9 aromatic carbocycles. The van der Waals surface area contributed by atoms with Crippen molar-refractivity contribution < 1.29 is 69.0 Å². The van der Waals surface area contributed by atoms with Gasteiger partial charge in [-0.1, -0.05) is 153 Å². The molecule has 0 N–H and O–H groups in total. The highest BCUT2D eigenvalue weighted by Gasteiger charge is 2.47. The molecule has 3 aliphatic rings. The fraction of sp³-hybridized carbons (Fsp3) is 0.357. The molecule has 0 radical (unpaired) electrons. The molecule has 0 bridgehead atoms. The molecule has 12 rings (SSSR count). The van der Waals surface area contributed by atoms with Crippen molar-refractivity contribution in [3.63, 3.8) is 0 Å². The minimum atomic E-state index is -4.36. The molecule has 3 heterocycles. The fourth-order valence-corrected chi connectivity index (χ4v) is 23.8. The van der Waals surface area contributed by atoms with E-state index in [2.05, 4.69) is 125 Å². The Balaban J connectivity index is 0.000000165. The number of benzene rings is 9. The summed E-state index contributed by atoms with van der Waals surface area (Å²) in [7, 11) is 7.64. The number of halogens is 6. The number of fused-ring (bicyclic) bond motifs is 3. The molecule has 18 heteroatoms. The zero-order chi connectivity index (χ0) is 74.1.